The zero-order valence-corrected chi connectivity index (χ0v) is 12.1. The van der Waals surface area contributed by atoms with Gasteiger partial charge in [0.25, 0.3) is 0 Å². The maximum atomic E-state index is 12.4. The quantitative estimate of drug-likeness (QED) is 0.917. The van der Waals surface area contributed by atoms with Crippen molar-refractivity contribution in [2.45, 2.75) is 51.1 Å². The van der Waals surface area contributed by atoms with E-state index in [9.17, 15) is 4.79 Å². The van der Waals surface area contributed by atoms with Gasteiger partial charge in [0.2, 0.25) is 5.91 Å². The number of aryl methyl sites for hydroxylation is 1. The minimum atomic E-state index is 0.258. The van der Waals surface area contributed by atoms with Crippen LogP contribution in [0.2, 0.25) is 0 Å². The second-order valence-electron chi connectivity index (χ2n) is 6.05. The van der Waals surface area contributed by atoms with Crippen LogP contribution in [0.4, 0.5) is 0 Å². The summed E-state index contributed by atoms with van der Waals surface area (Å²) in [6.45, 7) is 2.17. The molecule has 1 aliphatic carbocycles. The third kappa shape index (κ3) is 3.21. The molecule has 20 heavy (non-hydrogen) atoms. The lowest BCUT2D eigenvalue weighted by molar-refractivity contribution is -0.131. The molecule has 3 heteroatoms. The summed E-state index contributed by atoms with van der Waals surface area (Å²) < 4.78 is 0. The predicted molar refractivity (Wildman–Crippen MR) is 80.4 cm³/mol. The summed E-state index contributed by atoms with van der Waals surface area (Å²) in [5.74, 6) is 0.258. The molecule has 108 valence electrons. The highest BCUT2D eigenvalue weighted by Gasteiger charge is 2.20. The lowest BCUT2D eigenvalue weighted by atomic mass is 10.0. The summed E-state index contributed by atoms with van der Waals surface area (Å²) in [7, 11) is 0. The Labute approximate surface area is 121 Å². The highest BCUT2D eigenvalue weighted by atomic mass is 16.2. The summed E-state index contributed by atoms with van der Waals surface area (Å²) in [5.41, 5.74) is 2.73. The monoisotopic (exact) mass is 272 g/mol. The van der Waals surface area contributed by atoms with Gasteiger partial charge in [0.1, 0.15) is 0 Å². The number of hydrogen-bond acceptors (Lipinski definition) is 2. The normalized spacial score (nSPS) is 19.7. The Morgan fingerprint density at radius 2 is 1.90 bits per heavy atom. The second-order valence-corrected chi connectivity index (χ2v) is 6.05. The number of hydrogen-bond donors (Lipinski definition) is 1. The van der Waals surface area contributed by atoms with Crippen molar-refractivity contribution in [3.8, 4) is 0 Å². The molecule has 0 saturated heterocycles. The van der Waals surface area contributed by atoms with Crippen molar-refractivity contribution in [3.05, 3.63) is 35.4 Å². The Morgan fingerprint density at radius 3 is 2.70 bits per heavy atom. The van der Waals surface area contributed by atoms with E-state index in [-0.39, 0.29) is 5.91 Å². The van der Waals surface area contributed by atoms with Crippen LogP contribution >= 0.6 is 0 Å². The lowest BCUT2D eigenvalue weighted by Crippen LogP contribution is -2.40. The lowest BCUT2D eigenvalue weighted by Gasteiger charge is -2.22. The van der Waals surface area contributed by atoms with Crippen LogP contribution in [0.25, 0.3) is 0 Å². The molecule has 3 rings (SSSR count). The van der Waals surface area contributed by atoms with Gasteiger partial charge in [-0.15, -0.1) is 0 Å². The van der Waals surface area contributed by atoms with E-state index in [0.29, 0.717) is 12.6 Å². The van der Waals surface area contributed by atoms with Crippen molar-refractivity contribution in [3.63, 3.8) is 0 Å². The Bertz CT molecular complexity index is 466. The van der Waals surface area contributed by atoms with E-state index in [4.69, 9.17) is 0 Å². The fourth-order valence-electron chi connectivity index (χ4n) is 3.39. The zero-order valence-electron chi connectivity index (χ0n) is 12.1. The SMILES string of the molecule is O=C(CNC1CCCC1)N1CCCc2ccccc2C1. The van der Waals surface area contributed by atoms with Crippen LogP contribution in [0.3, 0.4) is 0 Å². The van der Waals surface area contributed by atoms with Gasteiger partial charge in [-0.25, -0.2) is 0 Å². The highest BCUT2D eigenvalue weighted by Crippen LogP contribution is 2.19. The highest BCUT2D eigenvalue weighted by molar-refractivity contribution is 5.78. The summed E-state index contributed by atoms with van der Waals surface area (Å²) in [6.07, 6.45) is 7.25. The largest absolute Gasteiger partial charge is 0.337 e. The van der Waals surface area contributed by atoms with E-state index in [1.807, 2.05) is 4.90 Å². The van der Waals surface area contributed by atoms with Crippen LogP contribution in [-0.4, -0.2) is 29.9 Å². The molecule has 1 heterocycles. The summed E-state index contributed by atoms with van der Waals surface area (Å²) in [6, 6.07) is 9.09. The Kier molecular flexibility index (Phi) is 4.36. The minimum Gasteiger partial charge on any atom is -0.337 e. The van der Waals surface area contributed by atoms with Gasteiger partial charge in [-0.1, -0.05) is 37.1 Å². The fraction of sp³-hybridized carbons (Fsp3) is 0.588. The molecule has 0 aromatic heterocycles. The number of amides is 1. The van der Waals surface area contributed by atoms with Crippen molar-refractivity contribution >= 4 is 5.91 Å². The van der Waals surface area contributed by atoms with Crippen molar-refractivity contribution in [1.29, 1.82) is 0 Å². The summed E-state index contributed by atoms with van der Waals surface area (Å²) in [5, 5.41) is 3.43. The Hall–Kier alpha value is -1.35. The van der Waals surface area contributed by atoms with Gasteiger partial charge in [0, 0.05) is 19.1 Å². The molecule has 1 aromatic carbocycles. The molecule has 1 aromatic rings. The van der Waals surface area contributed by atoms with E-state index in [1.165, 1.54) is 36.8 Å². The first-order valence-corrected chi connectivity index (χ1v) is 7.91. The standard InChI is InChI=1S/C17H24N2O/c20-17(12-18-16-9-3-4-10-16)19-11-5-8-14-6-1-2-7-15(14)13-19/h1-2,6-7,16,18H,3-5,8-13H2. The molecule has 0 spiro atoms. The molecule has 1 N–H and O–H groups in total. The third-order valence-electron chi connectivity index (χ3n) is 4.60. The van der Waals surface area contributed by atoms with Gasteiger partial charge >= 0.3 is 0 Å². The zero-order chi connectivity index (χ0) is 13.8. The van der Waals surface area contributed by atoms with Crippen LogP contribution < -0.4 is 5.32 Å². The number of carbonyl (C=O) groups is 1. The van der Waals surface area contributed by atoms with Gasteiger partial charge in [-0.05, 0) is 36.8 Å². The van der Waals surface area contributed by atoms with Gasteiger partial charge in [-0.3, -0.25) is 4.79 Å². The van der Waals surface area contributed by atoms with Crippen LogP contribution in [0, 0.1) is 0 Å². The molecular weight excluding hydrogens is 248 g/mol. The van der Waals surface area contributed by atoms with E-state index in [1.54, 1.807) is 0 Å². The van der Waals surface area contributed by atoms with Crippen LogP contribution in [-0.2, 0) is 17.8 Å². The first-order chi connectivity index (χ1) is 9.83. The van der Waals surface area contributed by atoms with E-state index in [2.05, 4.69) is 29.6 Å². The average molecular weight is 272 g/mol. The average Bonchev–Trinajstić information content (AvgIpc) is 2.89. The van der Waals surface area contributed by atoms with Crippen LogP contribution in [0.1, 0.15) is 43.2 Å². The number of rotatable bonds is 3. The number of benzene rings is 1. The van der Waals surface area contributed by atoms with Crippen molar-refractivity contribution in [2.75, 3.05) is 13.1 Å². The maximum Gasteiger partial charge on any atom is 0.236 e. The van der Waals surface area contributed by atoms with Gasteiger partial charge in [0.05, 0.1) is 6.54 Å². The smallest absolute Gasteiger partial charge is 0.236 e. The topological polar surface area (TPSA) is 32.3 Å². The molecule has 1 aliphatic heterocycles. The molecular formula is C17H24N2O. The van der Waals surface area contributed by atoms with E-state index >= 15 is 0 Å². The Balaban J connectivity index is 1.57. The summed E-state index contributed by atoms with van der Waals surface area (Å²) in [4.78, 5) is 14.4. The molecule has 0 radical (unpaired) electrons. The number of fused-ring (bicyclic) bond motifs is 1. The van der Waals surface area contributed by atoms with Crippen LogP contribution in [0.15, 0.2) is 24.3 Å². The van der Waals surface area contributed by atoms with Crippen LogP contribution in [0.5, 0.6) is 0 Å². The minimum absolute atomic E-state index is 0.258. The molecule has 3 nitrogen and oxygen atoms in total. The van der Waals surface area contributed by atoms with Crippen molar-refractivity contribution in [2.24, 2.45) is 0 Å². The number of nitrogens with zero attached hydrogens (tertiary/aromatic N) is 1. The molecule has 1 amide bonds. The molecule has 0 bridgehead atoms. The first kappa shape index (κ1) is 13.6. The maximum absolute atomic E-state index is 12.4. The molecule has 1 fully saturated rings. The Morgan fingerprint density at radius 1 is 1.15 bits per heavy atom. The molecule has 0 atom stereocenters. The van der Waals surface area contributed by atoms with Crippen molar-refractivity contribution in [1.82, 2.24) is 10.2 Å². The van der Waals surface area contributed by atoms with Crippen molar-refractivity contribution < 1.29 is 4.79 Å². The summed E-state index contributed by atoms with van der Waals surface area (Å²) >= 11 is 0. The molecule has 0 unspecified atom stereocenters. The van der Waals surface area contributed by atoms with Gasteiger partial charge in [-0.2, -0.15) is 0 Å². The molecule has 1 saturated carbocycles. The van der Waals surface area contributed by atoms with E-state index in [0.717, 1.165) is 25.9 Å². The third-order valence-corrected chi connectivity index (χ3v) is 4.60. The predicted octanol–water partition coefficient (Wildman–Crippen LogP) is 2.49. The number of nitrogens with one attached hydrogen (secondary N) is 1. The number of carbonyl (C=O) groups excluding carboxylic acids is 1. The van der Waals surface area contributed by atoms with Gasteiger partial charge < -0.3 is 10.2 Å². The second kappa shape index (κ2) is 6.40. The fourth-order valence-corrected chi connectivity index (χ4v) is 3.39. The molecule has 2 aliphatic rings. The first-order valence-electron chi connectivity index (χ1n) is 7.91. The van der Waals surface area contributed by atoms with Gasteiger partial charge in [0.15, 0.2) is 0 Å². The van der Waals surface area contributed by atoms with E-state index < -0.39 is 0 Å².